The number of guanidine groups is 1. The number of likely N-dealkylation sites (tertiary alicyclic amines) is 1. The lowest BCUT2D eigenvalue weighted by Gasteiger charge is -2.22. The number of ether oxygens (including phenoxy) is 1. The fraction of sp³-hybridized carbons (Fsp3) is 0.667. The zero-order chi connectivity index (χ0) is 18.8. The van der Waals surface area contributed by atoms with Gasteiger partial charge in [0.2, 0.25) is 0 Å². The van der Waals surface area contributed by atoms with Crippen LogP contribution in [0.3, 0.4) is 0 Å². The van der Waals surface area contributed by atoms with Gasteiger partial charge in [0.1, 0.15) is 0 Å². The Hall–Kier alpha value is -1.59. The van der Waals surface area contributed by atoms with Crippen molar-refractivity contribution in [3.8, 4) is 0 Å². The first-order valence-corrected chi connectivity index (χ1v) is 10.0. The maximum Gasteiger partial charge on any atom is 0.188 e. The number of aliphatic hydroxyl groups excluding tert-OH is 1. The molecule has 0 unspecified atom stereocenters. The fourth-order valence-electron chi connectivity index (χ4n) is 3.59. The summed E-state index contributed by atoms with van der Waals surface area (Å²) in [6, 6.07) is 8.61. The van der Waals surface area contributed by atoms with E-state index < -0.39 is 0 Å². The molecule has 0 spiro atoms. The summed E-state index contributed by atoms with van der Waals surface area (Å²) >= 11 is 0. The van der Waals surface area contributed by atoms with Crippen molar-refractivity contribution in [3.63, 3.8) is 0 Å². The van der Waals surface area contributed by atoms with Gasteiger partial charge < -0.3 is 20.5 Å². The summed E-state index contributed by atoms with van der Waals surface area (Å²) in [5, 5.41) is 17.0. The second-order valence-corrected chi connectivity index (χ2v) is 7.38. The van der Waals surface area contributed by atoms with Crippen LogP contribution in [0.25, 0.3) is 0 Å². The van der Waals surface area contributed by atoms with Gasteiger partial charge in [-0.05, 0) is 30.4 Å². The highest BCUT2D eigenvalue weighted by Gasteiger charge is 2.32. The Morgan fingerprint density at radius 3 is 2.42 bits per heavy atom. The molecule has 1 saturated heterocycles. The van der Waals surface area contributed by atoms with Gasteiger partial charge in [0.05, 0.1) is 25.4 Å². The number of aryl methyl sites for hydroxylation is 1. The quantitative estimate of drug-likeness (QED) is 0.320. The Morgan fingerprint density at radius 2 is 1.81 bits per heavy atom. The largest absolute Gasteiger partial charge is 0.394 e. The molecule has 5 heteroatoms. The normalized spacial score (nSPS) is 19.8. The molecule has 26 heavy (non-hydrogen) atoms. The number of hydrogen-bond donors (Lipinski definition) is 3. The van der Waals surface area contributed by atoms with Crippen molar-refractivity contribution in [2.45, 2.75) is 77.0 Å². The molecule has 0 aromatic heterocycles. The van der Waals surface area contributed by atoms with Gasteiger partial charge in [-0.1, -0.05) is 63.3 Å². The van der Waals surface area contributed by atoms with E-state index in [-0.39, 0.29) is 24.7 Å². The molecular weight excluding hydrogens is 326 g/mol. The Kier molecular flexibility index (Phi) is 8.92. The highest BCUT2D eigenvalue weighted by atomic mass is 16.5. The molecule has 2 atom stereocenters. The minimum atomic E-state index is -0.0998. The van der Waals surface area contributed by atoms with Crippen molar-refractivity contribution in [1.82, 2.24) is 4.90 Å². The number of hydrogen-bond acceptors (Lipinski definition) is 3. The highest BCUT2D eigenvalue weighted by Crippen LogP contribution is 2.21. The van der Waals surface area contributed by atoms with Gasteiger partial charge in [0.25, 0.3) is 0 Å². The van der Waals surface area contributed by atoms with Crippen LogP contribution in [-0.2, 0) is 17.8 Å². The van der Waals surface area contributed by atoms with Crippen molar-refractivity contribution in [3.05, 3.63) is 35.4 Å². The van der Waals surface area contributed by atoms with Gasteiger partial charge in [-0.3, -0.25) is 5.41 Å². The number of rotatable bonds is 11. The van der Waals surface area contributed by atoms with Gasteiger partial charge in [-0.2, -0.15) is 0 Å². The minimum Gasteiger partial charge on any atom is -0.394 e. The van der Waals surface area contributed by atoms with Crippen molar-refractivity contribution in [2.24, 2.45) is 5.73 Å². The molecule has 0 radical (unpaired) electrons. The van der Waals surface area contributed by atoms with Crippen LogP contribution in [0.1, 0.15) is 63.0 Å². The molecule has 1 aromatic rings. The summed E-state index contributed by atoms with van der Waals surface area (Å²) in [6.45, 7) is 3.40. The Morgan fingerprint density at radius 1 is 1.15 bits per heavy atom. The smallest absolute Gasteiger partial charge is 0.188 e. The number of nitrogens with one attached hydrogen (secondary N) is 1. The van der Waals surface area contributed by atoms with E-state index in [9.17, 15) is 5.11 Å². The third-order valence-electron chi connectivity index (χ3n) is 5.22. The van der Waals surface area contributed by atoms with Crippen LogP contribution >= 0.6 is 0 Å². The average molecular weight is 362 g/mol. The van der Waals surface area contributed by atoms with Crippen molar-refractivity contribution in [2.75, 3.05) is 13.2 Å². The number of unbranched alkanes of at least 4 members (excludes halogenated alkanes) is 5. The van der Waals surface area contributed by atoms with Crippen molar-refractivity contribution in [1.29, 1.82) is 5.41 Å². The molecule has 0 amide bonds. The summed E-state index contributed by atoms with van der Waals surface area (Å²) in [5.74, 6) is 0.00852. The number of nitrogens with two attached hydrogens (primary N) is 1. The molecule has 1 aliphatic heterocycles. The molecule has 0 saturated carbocycles. The van der Waals surface area contributed by atoms with Gasteiger partial charge in [-0.15, -0.1) is 0 Å². The van der Waals surface area contributed by atoms with Gasteiger partial charge in [0.15, 0.2) is 5.96 Å². The number of aliphatic hydroxyl groups is 1. The maximum absolute atomic E-state index is 9.40. The monoisotopic (exact) mass is 361 g/mol. The van der Waals surface area contributed by atoms with E-state index in [2.05, 4.69) is 31.2 Å². The molecule has 0 aliphatic carbocycles. The topological polar surface area (TPSA) is 82.6 Å². The van der Waals surface area contributed by atoms with Crippen LogP contribution in [0.2, 0.25) is 0 Å². The van der Waals surface area contributed by atoms with E-state index in [1.54, 1.807) is 4.90 Å². The first-order chi connectivity index (χ1) is 12.6. The molecule has 1 aliphatic rings. The lowest BCUT2D eigenvalue weighted by atomic mass is 10.0. The van der Waals surface area contributed by atoms with Crippen LogP contribution in [0, 0.1) is 5.41 Å². The standard InChI is InChI=1S/C21H35N3O2/c1-2-3-4-5-6-7-8-17-9-11-18(12-10-17)16-26-20-13-19(15-25)24(14-20)21(22)23/h9-12,19-20,25H,2-8,13-16H2,1H3,(H3,22,23)/t19-,20+/m0/s1. The molecule has 1 heterocycles. The SMILES string of the molecule is CCCCCCCCc1ccc(CO[C@@H]2C[C@@H](CO)N(C(=N)N)C2)cc1. The van der Waals surface area contributed by atoms with Crippen molar-refractivity contribution >= 4 is 5.96 Å². The van der Waals surface area contributed by atoms with E-state index in [0.29, 0.717) is 19.6 Å². The molecule has 2 rings (SSSR count). The number of benzene rings is 1. The van der Waals surface area contributed by atoms with Gasteiger partial charge in [-0.25, -0.2) is 0 Å². The first kappa shape index (κ1) is 20.7. The summed E-state index contributed by atoms with van der Waals surface area (Å²) < 4.78 is 5.97. The summed E-state index contributed by atoms with van der Waals surface area (Å²) in [5.41, 5.74) is 8.13. The lowest BCUT2D eigenvalue weighted by Crippen LogP contribution is -2.42. The minimum absolute atomic E-state index is 0.00653. The predicted molar refractivity (Wildman–Crippen MR) is 106 cm³/mol. The Labute approximate surface area is 158 Å². The summed E-state index contributed by atoms with van der Waals surface area (Å²) in [4.78, 5) is 1.72. The maximum atomic E-state index is 9.40. The molecule has 0 bridgehead atoms. The molecule has 1 fully saturated rings. The Bertz CT molecular complexity index is 533. The highest BCUT2D eigenvalue weighted by molar-refractivity contribution is 5.75. The predicted octanol–water partition coefficient (Wildman–Crippen LogP) is 3.43. The summed E-state index contributed by atoms with van der Waals surface area (Å²) in [6.07, 6.45) is 9.86. The first-order valence-electron chi connectivity index (χ1n) is 10.0. The van der Waals surface area contributed by atoms with E-state index in [0.717, 1.165) is 6.42 Å². The van der Waals surface area contributed by atoms with Crippen LogP contribution in [0.15, 0.2) is 24.3 Å². The van der Waals surface area contributed by atoms with E-state index >= 15 is 0 Å². The Balaban J connectivity index is 1.68. The van der Waals surface area contributed by atoms with E-state index in [1.807, 2.05) is 0 Å². The van der Waals surface area contributed by atoms with Crippen molar-refractivity contribution < 1.29 is 9.84 Å². The van der Waals surface area contributed by atoms with Crippen LogP contribution in [0.4, 0.5) is 0 Å². The fourth-order valence-corrected chi connectivity index (χ4v) is 3.59. The molecule has 4 N–H and O–H groups in total. The van der Waals surface area contributed by atoms with Crippen LogP contribution in [-0.4, -0.2) is 41.3 Å². The summed E-state index contributed by atoms with van der Waals surface area (Å²) in [7, 11) is 0. The second-order valence-electron chi connectivity index (χ2n) is 7.38. The molecular formula is C21H35N3O2. The van der Waals surface area contributed by atoms with E-state index in [4.69, 9.17) is 15.9 Å². The molecule has 5 nitrogen and oxygen atoms in total. The van der Waals surface area contributed by atoms with E-state index in [1.165, 1.54) is 49.7 Å². The van der Waals surface area contributed by atoms with Crippen LogP contribution in [0.5, 0.6) is 0 Å². The zero-order valence-corrected chi connectivity index (χ0v) is 16.1. The zero-order valence-electron chi connectivity index (χ0n) is 16.1. The number of nitrogens with zero attached hydrogens (tertiary/aromatic N) is 1. The third-order valence-corrected chi connectivity index (χ3v) is 5.22. The molecule has 1 aromatic carbocycles. The second kappa shape index (κ2) is 11.2. The average Bonchev–Trinajstić information content (AvgIpc) is 3.07. The lowest BCUT2D eigenvalue weighted by molar-refractivity contribution is 0.0491. The third kappa shape index (κ3) is 6.61. The van der Waals surface area contributed by atoms with Gasteiger partial charge >= 0.3 is 0 Å². The van der Waals surface area contributed by atoms with Gasteiger partial charge in [0, 0.05) is 6.54 Å². The van der Waals surface area contributed by atoms with Crippen LogP contribution < -0.4 is 5.73 Å². The molecule has 146 valence electrons.